The van der Waals surface area contributed by atoms with Crippen LogP contribution >= 0.6 is 0 Å². The van der Waals surface area contributed by atoms with Crippen LogP contribution in [0.1, 0.15) is 27.7 Å². The van der Waals surface area contributed by atoms with Crippen LogP contribution in [0.3, 0.4) is 0 Å². The van der Waals surface area contributed by atoms with Crippen molar-refractivity contribution in [1.82, 2.24) is 0 Å². The standard InChI is InChI=1S/C6H11NO.C2H6/c1-4-8-7-5-6(2)3;1-2/h4-6H,1H2,2-3H3;1-2H3/b7-5-;. The molecule has 0 radical (unpaired) electrons. The zero-order chi connectivity index (χ0) is 8.41. The quantitative estimate of drug-likeness (QED) is 0.338. The third-order valence-electron chi connectivity index (χ3n) is 0.494. The van der Waals surface area contributed by atoms with Crippen molar-refractivity contribution in [1.29, 1.82) is 0 Å². The molecule has 60 valence electrons. The highest BCUT2D eigenvalue weighted by atomic mass is 16.6. The van der Waals surface area contributed by atoms with Crippen molar-refractivity contribution >= 4 is 6.21 Å². The Morgan fingerprint density at radius 1 is 1.40 bits per heavy atom. The van der Waals surface area contributed by atoms with Gasteiger partial charge in [-0.1, -0.05) is 39.4 Å². The summed E-state index contributed by atoms with van der Waals surface area (Å²) in [4.78, 5) is 4.48. The van der Waals surface area contributed by atoms with E-state index >= 15 is 0 Å². The summed E-state index contributed by atoms with van der Waals surface area (Å²) >= 11 is 0. The summed E-state index contributed by atoms with van der Waals surface area (Å²) in [5.74, 6) is 0.440. The summed E-state index contributed by atoms with van der Waals surface area (Å²) < 4.78 is 0. The Balaban J connectivity index is 0. The molecule has 0 bridgehead atoms. The number of hydrogen-bond acceptors (Lipinski definition) is 2. The predicted molar refractivity (Wildman–Crippen MR) is 46.0 cm³/mol. The van der Waals surface area contributed by atoms with E-state index < -0.39 is 0 Å². The molecule has 0 aliphatic heterocycles. The fourth-order valence-electron chi connectivity index (χ4n) is 0.200. The first-order valence-corrected chi connectivity index (χ1v) is 3.57. The highest BCUT2D eigenvalue weighted by molar-refractivity contribution is 5.58. The molecule has 0 aromatic heterocycles. The third-order valence-corrected chi connectivity index (χ3v) is 0.494. The summed E-state index contributed by atoms with van der Waals surface area (Å²) in [6, 6.07) is 0. The normalized spacial score (nSPS) is 8.90. The maximum Gasteiger partial charge on any atom is 0.114 e. The molecular formula is C8H17NO. The lowest BCUT2D eigenvalue weighted by Crippen LogP contribution is -1.86. The van der Waals surface area contributed by atoms with E-state index in [0.29, 0.717) is 5.92 Å². The molecule has 0 aromatic rings. The zero-order valence-corrected chi connectivity index (χ0v) is 7.29. The summed E-state index contributed by atoms with van der Waals surface area (Å²) in [7, 11) is 0. The summed E-state index contributed by atoms with van der Waals surface area (Å²) in [6.07, 6.45) is 3.00. The molecule has 0 aliphatic carbocycles. The molecule has 0 aliphatic rings. The van der Waals surface area contributed by atoms with E-state index in [1.807, 2.05) is 27.7 Å². The van der Waals surface area contributed by atoms with Gasteiger partial charge in [0.25, 0.3) is 0 Å². The molecule has 2 heteroatoms. The molecule has 0 aromatic carbocycles. The number of oxime groups is 1. The third kappa shape index (κ3) is 15.7. The Kier molecular flexibility index (Phi) is 13.2. The smallest absolute Gasteiger partial charge is 0.114 e. The summed E-state index contributed by atoms with van der Waals surface area (Å²) in [5, 5.41) is 3.55. The van der Waals surface area contributed by atoms with Gasteiger partial charge in [-0.3, -0.25) is 0 Å². The Labute approximate surface area is 63.6 Å². The van der Waals surface area contributed by atoms with E-state index in [0.717, 1.165) is 0 Å². The minimum Gasteiger partial charge on any atom is -0.366 e. The molecule has 0 rings (SSSR count). The highest BCUT2D eigenvalue weighted by Gasteiger charge is 1.81. The second kappa shape index (κ2) is 11.1. The van der Waals surface area contributed by atoms with Gasteiger partial charge >= 0.3 is 0 Å². The largest absolute Gasteiger partial charge is 0.366 e. The van der Waals surface area contributed by atoms with Gasteiger partial charge in [0.1, 0.15) is 6.26 Å². The Hall–Kier alpha value is -0.790. The van der Waals surface area contributed by atoms with Gasteiger partial charge < -0.3 is 4.84 Å². The van der Waals surface area contributed by atoms with Crippen LogP contribution in [-0.4, -0.2) is 6.21 Å². The van der Waals surface area contributed by atoms with Crippen molar-refractivity contribution in [3.05, 3.63) is 12.8 Å². The van der Waals surface area contributed by atoms with Gasteiger partial charge in [-0.2, -0.15) is 0 Å². The lowest BCUT2D eigenvalue weighted by Gasteiger charge is -1.89. The van der Waals surface area contributed by atoms with E-state index in [9.17, 15) is 0 Å². The average Bonchev–Trinajstić information content (AvgIpc) is 1.92. The maximum atomic E-state index is 4.48. The van der Waals surface area contributed by atoms with E-state index in [1.165, 1.54) is 6.26 Å². The minimum absolute atomic E-state index is 0.440. The van der Waals surface area contributed by atoms with Crippen LogP contribution in [0.4, 0.5) is 0 Å². The number of nitrogens with zero attached hydrogens (tertiary/aromatic N) is 1. The second-order valence-electron chi connectivity index (χ2n) is 1.77. The second-order valence-corrected chi connectivity index (χ2v) is 1.77. The zero-order valence-electron chi connectivity index (χ0n) is 7.29. The van der Waals surface area contributed by atoms with E-state index in [1.54, 1.807) is 6.21 Å². The Morgan fingerprint density at radius 2 is 1.90 bits per heavy atom. The van der Waals surface area contributed by atoms with Gasteiger partial charge in [0.2, 0.25) is 0 Å². The van der Waals surface area contributed by atoms with Crippen LogP contribution in [0.15, 0.2) is 18.0 Å². The van der Waals surface area contributed by atoms with E-state index in [-0.39, 0.29) is 0 Å². The molecule has 0 spiro atoms. The van der Waals surface area contributed by atoms with Crippen LogP contribution in [0.25, 0.3) is 0 Å². The Bertz CT molecular complexity index is 87.3. The Morgan fingerprint density at radius 3 is 2.20 bits per heavy atom. The lowest BCUT2D eigenvalue weighted by atomic mass is 10.3. The molecule has 0 fully saturated rings. The van der Waals surface area contributed by atoms with Gasteiger partial charge in [0.05, 0.1) is 0 Å². The summed E-state index contributed by atoms with van der Waals surface area (Å²) in [6.45, 7) is 11.4. The van der Waals surface area contributed by atoms with Crippen molar-refractivity contribution in [3.63, 3.8) is 0 Å². The van der Waals surface area contributed by atoms with Gasteiger partial charge in [-0.25, -0.2) is 0 Å². The molecular weight excluding hydrogens is 126 g/mol. The predicted octanol–water partition coefficient (Wildman–Crippen LogP) is 2.81. The topological polar surface area (TPSA) is 21.6 Å². The van der Waals surface area contributed by atoms with Crippen LogP contribution in [-0.2, 0) is 4.84 Å². The van der Waals surface area contributed by atoms with Crippen molar-refractivity contribution in [3.8, 4) is 0 Å². The molecule has 0 amide bonds. The van der Waals surface area contributed by atoms with Gasteiger partial charge in [-0.15, -0.1) is 0 Å². The number of rotatable bonds is 3. The van der Waals surface area contributed by atoms with Crippen molar-refractivity contribution in [2.75, 3.05) is 0 Å². The molecule has 0 unspecified atom stereocenters. The van der Waals surface area contributed by atoms with Gasteiger partial charge in [0, 0.05) is 6.21 Å². The molecule has 0 atom stereocenters. The van der Waals surface area contributed by atoms with Crippen LogP contribution in [0.2, 0.25) is 0 Å². The van der Waals surface area contributed by atoms with Crippen LogP contribution in [0.5, 0.6) is 0 Å². The van der Waals surface area contributed by atoms with Gasteiger partial charge in [-0.05, 0) is 5.92 Å². The molecule has 0 N–H and O–H groups in total. The monoisotopic (exact) mass is 143 g/mol. The first-order chi connectivity index (χ1) is 4.77. The maximum absolute atomic E-state index is 4.48. The van der Waals surface area contributed by atoms with Crippen molar-refractivity contribution in [2.24, 2.45) is 11.1 Å². The van der Waals surface area contributed by atoms with Crippen molar-refractivity contribution in [2.45, 2.75) is 27.7 Å². The number of hydrogen-bond donors (Lipinski definition) is 0. The highest BCUT2D eigenvalue weighted by Crippen LogP contribution is 1.85. The van der Waals surface area contributed by atoms with Crippen molar-refractivity contribution < 1.29 is 4.84 Å². The molecule has 0 saturated heterocycles. The first kappa shape index (κ1) is 11.9. The lowest BCUT2D eigenvalue weighted by molar-refractivity contribution is 0.270. The first-order valence-electron chi connectivity index (χ1n) is 3.57. The summed E-state index contributed by atoms with van der Waals surface area (Å²) in [5.41, 5.74) is 0. The van der Waals surface area contributed by atoms with Crippen LogP contribution in [0, 0.1) is 5.92 Å². The van der Waals surface area contributed by atoms with Gasteiger partial charge in [0.15, 0.2) is 0 Å². The SMILES string of the molecule is C=CO/N=C\C(C)C.CC. The van der Waals surface area contributed by atoms with E-state index in [4.69, 9.17) is 0 Å². The van der Waals surface area contributed by atoms with Crippen LogP contribution < -0.4 is 0 Å². The molecule has 2 nitrogen and oxygen atoms in total. The minimum atomic E-state index is 0.440. The average molecular weight is 143 g/mol. The fourth-order valence-corrected chi connectivity index (χ4v) is 0.200. The molecule has 0 heterocycles. The molecule has 10 heavy (non-hydrogen) atoms. The van der Waals surface area contributed by atoms with E-state index in [2.05, 4.69) is 16.6 Å². The fraction of sp³-hybridized carbons (Fsp3) is 0.625. The molecule has 0 saturated carbocycles.